The van der Waals surface area contributed by atoms with Crippen molar-refractivity contribution in [2.45, 2.75) is 29.8 Å². The second-order valence-electron chi connectivity index (χ2n) is 3.95. The molecule has 0 saturated carbocycles. The molecule has 114 valence electrons. The van der Waals surface area contributed by atoms with Gasteiger partial charge in [0.15, 0.2) is 5.96 Å². The van der Waals surface area contributed by atoms with Crippen molar-refractivity contribution in [1.29, 1.82) is 5.26 Å². The number of aliphatic imine (C=N–C) groups is 1. The summed E-state index contributed by atoms with van der Waals surface area (Å²) in [6.45, 7) is 0.525. The van der Waals surface area contributed by atoms with Crippen molar-refractivity contribution < 1.29 is 13.2 Å². The lowest BCUT2D eigenvalue weighted by Crippen LogP contribution is -2.26. The highest BCUT2D eigenvalue weighted by molar-refractivity contribution is 8.00. The van der Waals surface area contributed by atoms with Crippen LogP contribution in [0.1, 0.15) is 13.3 Å². The zero-order valence-corrected chi connectivity index (χ0v) is 12.0. The minimum atomic E-state index is -4.40. The number of thioether (sulfide) groups is 1. The van der Waals surface area contributed by atoms with E-state index in [1.807, 2.05) is 6.92 Å². The predicted molar refractivity (Wildman–Crippen MR) is 76.0 cm³/mol. The van der Waals surface area contributed by atoms with Gasteiger partial charge in [0.25, 0.3) is 0 Å². The molecule has 9 heteroatoms. The average molecular weight is 317 g/mol. The van der Waals surface area contributed by atoms with Crippen LogP contribution in [-0.2, 0) is 0 Å². The third kappa shape index (κ3) is 6.85. The Morgan fingerprint density at radius 2 is 2.29 bits per heavy atom. The first-order chi connectivity index (χ1) is 9.84. The van der Waals surface area contributed by atoms with Crippen molar-refractivity contribution in [1.82, 2.24) is 4.98 Å². The molecule has 0 fully saturated rings. The molecule has 0 aliphatic heterocycles. The van der Waals surface area contributed by atoms with Crippen LogP contribution in [-0.4, -0.2) is 28.9 Å². The number of nitrogens with one attached hydrogen (secondary N) is 1. The smallest absolute Gasteiger partial charge is 0.370 e. The van der Waals surface area contributed by atoms with E-state index in [1.165, 1.54) is 11.8 Å². The predicted octanol–water partition coefficient (Wildman–Crippen LogP) is 2.76. The molecule has 0 aromatic carbocycles. The van der Waals surface area contributed by atoms with Crippen LogP contribution < -0.4 is 11.1 Å². The number of alkyl halides is 3. The summed E-state index contributed by atoms with van der Waals surface area (Å²) in [7, 11) is 0. The number of nitriles is 1. The summed E-state index contributed by atoms with van der Waals surface area (Å²) in [5.41, 5.74) is 5.36. The molecule has 0 saturated heterocycles. The number of rotatable bonds is 5. The molecular weight excluding hydrogens is 303 g/mol. The molecule has 0 radical (unpaired) electrons. The van der Waals surface area contributed by atoms with Crippen molar-refractivity contribution in [2.24, 2.45) is 10.7 Å². The van der Waals surface area contributed by atoms with Crippen LogP contribution in [0.2, 0.25) is 0 Å². The molecule has 5 nitrogen and oxygen atoms in total. The molecule has 1 atom stereocenters. The third-order valence-electron chi connectivity index (χ3n) is 2.19. The minimum absolute atomic E-state index is 0.232. The summed E-state index contributed by atoms with van der Waals surface area (Å²) >= 11 is 1.27. The molecule has 1 rings (SSSR count). The summed E-state index contributed by atoms with van der Waals surface area (Å²) in [5.74, 6) is -0.0921. The molecule has 21 heavy (non-hydrogen) atoms. The minimum Gasteiger partial charge on any atom is -0.370 e. The molecule has 0 aliphatic carbocycles. The average Bonchev–Trinajstić information content (AvgIpc) is 2.42. The maximum atomic E-state index is 12.0. The molecule has 1 unspecified atom stereocenters. The van der Waals surface area contributed by atoms with Gasteiger partial charge in [-0.05, 0) is 18.6 Å². The van der Waals surface area contributed by atoms with Gasteiger partial charge in [-0.2, -0.15) is 18.4 Å². The van der Waals surface area contributed by atoms with Gasteiger partial charge in [0, 0.05) is 0 Å². The van der Waals surface area contributed by atoms with Crippen molar-refractivity contribution >= 4 is 23.5 Å². The topological polar surface area (TPSA) is 87.1 Å². The molecule has 0 aliphatic rings. The van der Waals surface area contributed by atoms with Crippen LogP contribution in [0.3, 0.4) is 0 Å². The van der Waals surface area contributed by atoms with Crippen LogP contribution in [0.5, 0.6) is 0 Å². The maximum absolute atomic E-state index is 12.0. The van der Waals surface area contributed by atoms with Gasteiger partial charge in [0.1, 0.15) is 12.4 Å². The van der Waals surface area contributed by atoms with Gasteiger partial charge in [0.2, 0.25) is 0 Å². The van der Waals surface area contributed by atoms with Gasteiger partial charge in [0.05, 0.1) is 16.3 Å². The summed E-state index contributed by atoms with van der Waals surface area (Å²) in [5, 5.41) is 11.7. The number of nitrogens with two attached hydrogens (primary N) is 1. The van der Waals surface area contributed by atoms with E-state index >= 15 is 0 Å². The largest absolute Gasteiger partial charge is 0.408 e. The molecule has 1 aromatic heterocycles. The Morgan fingerprint density at radius 3 is 2.86 bits per heavy atom. The van der Waals surface area contributed by atoms with E-state index in [0.29, 0.717) is 11.4 Å². The standard InChI is InChI=1S/C12H14F3N5S/c1-2-8(6-16)21-10-5-3-4-9(19-10)20-11(17)18-7-12(13,14)15/h3-5,8H,2,7H2,1H3,(H3,17,18,19,20). The van der Waals surface area contributed by atoms with E-state index in [9.17, 15) is 13.2 Å². The third-order valence-corrected chi connectivity index (χ3v) is 3.38. The van der Waals surface area contributed by atoms with Crippen LogP contribution in [0.25, 0.3) is 0 Å². The number of pyridine rings is 1. The van der Waals surface area contributed by atoms with E-state index in [1.54, 1.807) is 18.2 Å². The summed E-state index contributed by atoms with van der Waals surface area (Å²) in [6, 6.07) is 7.05. The number of hydrogen-bond acceptors (Lipinski definition) is 4. The number of aromatic nitrogens is 1. The molecular formula is C12H14F3N5S. The fourth-order valence-corrected chi connectivity index (χ4v) is 2.06. The molecule has 1 aromatic rings. The first-order valence-electron chi connectivity index (χ1n) is 6.01. The lowest BCUT2D eigenvalue weighted by atomic mass is 10.4. The van der Waals surface area contributed by atoms with Crippen molar-refractivity contribution in [3.05, 3.63) is 18.2 Å². The number of nitrogens with zero attached hydrogens (tertiary/aromatic N) is 3. The van der Waals surface area contributed by atoms with Crippen molar-refractivity contribution in [3.8, 4) is 6.07 Å². The number of hydrogen-bond donors (Lipinski definition) is 2. The monoisotopic (exact) mass is 317 g/mol. The van der Waals surface area contributed by atoms with Gasteiger partial charge in [-0.15, -0.1) is 0 Å². The highest BCUT2D eigenvalue weighted by atomic mass is 32.2. The van der Waals surface area contributed by atoms with Crippen LogP contribution >= 0.6 is 11.8 Å². The normalized spacial score (nSPS) is 13.6. The first-order valence-corrected chi connectivity index (χ1v) is 6.89. The van der Waals surface area contributed by atoms with Gasteiger partial charge in [-0.3, -0.25) is 0 Å². The van der Waals surface area contributed by atoms with Gasteiger partial charge >= 0.3 is 6.18 Å². The fourth-order valence-electron chi connectivity index (χ4n) is 1.24. The van der Waals surface area contributed by atoms with Gasteiger partial charge in [-0.1, -0.05) is 24.8 Å². The second-order valence-corrected chi connectivity index (χ2v) is 5.17. The van der Waals surface area contributed by atoms with Crippen LogP contribution in [0, 0.1) is 11.3 Å². The second kappa shape index (κ2) is 7.73. The Morgan fingerprint density at radius 1 is 1.57 bits per heavy atom. The highest BCUT2D eigenvalue weighted by Gasteiger charge is 2.26. The Bertz CT molecular complexity index is 538. The fraction of sp³-hybridized carbons (Fsp3) is 0.417. The van der Waals surface area contributed by atoms with Crippen molar-refractivity contribution in [3.63, 3.8) is 0 Å². The van der Waals surface area contributed by atoms with Gasteiger partial charge < -0.3 is 11.1 Å². The first kappa shape index (κ1) is 17.1. The van der Waals surface area contributed by atoms with E-state index in [2.05, 4.69) is 21.4 Å². The molecule has 0 spiro atoms. The molecule has 0 amide bonds. The molecule has 0 bridgehead atoms. The van der Waals surface area contributed by atoms with Crippen LogP contribution in [0.15, 0.2) is 28.2 Å². The van der Waals surface area contributed by atoms with Crippen LogP contribution in [0.4, 0.5) is 19.0 Å². The summed E-state index contributed by atoms with van der Waals surface area (Å²) in [6.07, 6.45) is -3.74. The molecule has 1 heterocycles. The molecule has 3 N–H and O–H groups in total. The summed E-state index contributed by atoms with van der Waals surface area (Å²) in [4.78, 5) is 7.32. The van der Waals surface area contributed by atoms with E-state index in [0.717, 1.165) is 0 Å². The maximum Gasteiger partial charge on any atom is 0.408 e. The van der Waals surface area contributed by atoms with E-state index in [4.69, 9.17) is 11.0 Å². The zero-order chi connectivity index (χ0) is 15.9. The van der Waals surface area contributed by atoms with Gasteiger partial charge in [-0.25, -0.2) is 9.98 Å². The lowest BCUT2D eigenvalue weighted by molar-refractivity contribution is -0.118. The lowest BCUT2D eigenvalue weighted by Gasteiger charge is -2.09. The number of anilines is 1. The van der Waals surface area contributed by atoms with E-state index < -0.39 is 12.7 Å². The highest BCUT2D eigenvalue weighted by Crippen LogP contribution is 2.24. The number of guanidine groups is 1. The Balaban J connectivity index is 2.70. The number of halogens is 3. The Hall–Kier alpha value is -1.95. The summed E-state index contributed by atoms with van der Waals surface area (Å²) < 4.78 is 36.0. The zero-order valence-electron chi connectivity index (χ0n) is 11.2. The van der Waals surface area contributed by atoms with E-state index in [-0.39, 0.29) is 17.0 Å². The Kier molecular flexibility index (Phi) is 6.30. The SMILES string of the molecule is CCC(C#N)Sc1cccc(NC(N)=NCC(F)(F)F)n1. The Labute approximate surface area is 124 Å². The van der Waals surface area contributed by atoms with Crippen molar-refractivity contribution in [2.75, 3.05) is 11.9 Å². The quantitative estimate of drug-likeness (QED) is 0.495.